The van der Waals surface area contributed by atoms with Gasteiger partial charge in [0.15, 0.2) is 5.78 Å². The van der Waals surface area contributed by atoms with Gasteiger partial charge in [-0.3, -0.25) is 9.48 Å². The molecule has 1 fully saturated rings. The fourth-order valence-electron chi connectivity index (χ4n) is 2.27. The Balaban J connectivity index is 2.23. The van der Waals surface area contributed by atoms with Crippen LogP contribution in [0.2, 0.25) is 0 Å². The third-order valence-electron chi connectivity index (χ3n) is 3.22. The van der Waals surface area contributed by atoms with Crippen LogP contribution in [0.25, 0.3) is 0 Å². The maximum atomic E-state index is 12.1. The van der Waals surface area contributed by atoms with Crippen LogP contribution in [-0.4, -0.2) is 15.6 Å². The molecule has 1 saturated carbocycles. The summed E-state index contributed by atoms with van der Waals surface area (Å²) in [5, 5.41) is 4.04. The number of hydrogen-bond acceptors (Lipinski definition) is 2. The standard InChI is InChI=1S/C11H16N2O/c1-11(5-3-4-6-11)10(14)9-7-12-13(2)8-9/h7-8H,3-6H2,1-2H3. The van der Waals surface area contributed by atoms with Gasteiger partial charge in [0, 0.05) is 18.7 Å². The van der Waals surface area contributed by atoms with Crippen LogP contribution < -0.4 is 0 Å². The minimum absolute atomic E-state index is 0.122. The van der Waals surface area contributed by atoms with E-state index in [9.17, 15) is 4.79 Å². The number of ketones is 1. The average molecular weight is 192 g/mol. The average Bonchev–Trinajstić information content (AvgIpc) is 2.74. The molecule has 14 heavy (non-hydrogen) atoms. The second-order valence-electron chi connectivity index (χ2n) is 4.50. The van der Waals surface area contributed by atoms with Crippen LogP contribution in [0.15, 0.2) is 12.4 Å². The maximum Gasteiger partial charge on any atom is 0.171 e. The molecule has 3 nitrogen and oxygen atoms in total. The molecule has 1 aliphatic carbocycles. The fraction of sp³-hybridized carbons (Fsp3) is 0.636. The molecule has 0 spiro atoms. The normalized spacial score (nSPS) is 19.9. The van der Waals surface area contributed by atoms with Gasteiger partial charge in [0.25, 0.3) is 0 Å². The maximum absolute atomic E-state index is 12.1. The van der Waals surface area contributed by atoms with Crippen LogP contribution >= 0.6 is 0 Å². The summed E-state index contributed by atoms with van der Waals surface area (Å²) in [4.78, 5) is 12.1. The smallest absolute Gasteiger partial charge is 0.171 e. The van der Waals surface area contributed by atoms with Crippen molar-refractivity contribution in [1.29, 1.82) is 0 Å². The van der Waals surface area contributed by atoms with Gasteiger partial charge in [-0.25, -0.2) is 0 Å². The van der Waals surface area contributed by atoms with Crippen molar-refractivity contribution < 1.29 is 4.79 Å². The van der Waals surface area contributed by atoms with Gasteiger partial charge in [-0.05, 0) is 12.8 Å². The first kappa shape index (κ1) is 9.44. The molecular formula is C11H16N2O. The molecule has 0 bridgehead atoms. The minimum Gasteiger partial charge on any atom is -0.293 e. The number of rotatable bonds is 2. The van der Waals surface area contributed by atoms with Gasteiger partial charge < -0.3 is 0 Å². The number of carbonyl (C=O) groups excluding carboxylic acids is 1. The van der Waals surface area contributed by atoms with Crippen molar-refractivity contribution in [2.75, 3.05) is 0 Å². The summed E-state index contributed by atoms with van der Waals surface area (Å²) in [6.45, 7) is 2.08. The Kier molecular flexibility index (Phi) is 2.17. The summed E-state index contributed by atoms with van der Waals surface area (Å²) in [6, 6.07) is 0. The van der Waals surface area contributed by atoms with Crippen molar-refractivity contribution in [3.05, 3.63) is 18.0 Å². The van der Waals surface area contributed by atoms with E-state index >= 15 is 0 Å². The summed E-state index contributed by atoms with van der Waals surface area (Å²) >= 11 is 0. The Bertz CT molecular complexity index is 348. The number of Topliss-reactive ketones (excluding diaryl/α,β-unsaturated/α-hetero) is 1. The molecule has 3 heteroatoms. The van der Waals surface area contributed by atoms with E-state index in [0.717, 1.165) is 18.4 Å². The Morgan fingerprint density at radius 2 is 2.14 bits per heavy atom. The van der Waals surface area contributed by atoms with Gasteiger partial charge in [0.2, 0.25) is 0 Å². The van der Waals surface area contributed by atoms with Crippen molar-refractivity contribution in [3.8, 4) is 0 Å². The number of nitrogens with zero attached hydrogens (tertiary/aromatic N) is 2. The molecule has 0 atom stereocenters. The molecule has 0 radical (unpaired) electrons. The fourth-order valence-corrected chi connectivity index (χ4v) is 2.27. The summed E-state index contributed by atoms with van der Waals surface area (Å²) in [6.07, 6.45) is 7.91. The molecule has 0 aromatic carbocycles. The quantitative estimate of drug-likeness (QED) is 0.673. The first-order valence-electron chi connectivity index (χ1n) is 5.15. The zero-order valence-corrected chi connectivity index (χ0v) is 8.79. The van der Waals surface area contributed by atoms with Gasteiger partial charge in [-0.1, -0.05) is 19.8 Å². The second-order valence-corrected chi connectivity index (χ2v) is 4.50. The Labute approximate surface area is 84.1 Å². The lowest BCUT2D eigenvalue weighted by Gasteiger charge is -2.20. The minimum atomic E-state index is -0.122. The Morgan fingerprint density at radius 3 is 2.64 bits per heavy atom. The summed E-state index contributed by atoms with van der Waals surface area (Å²) in [5.41, 5.74) is 0.639. The van der Waals surface area contributed by atoms with E-state index in [2.05, 4.69) is 12.0 Å². The third-order valence-corrected chi connectivity index (χ3v) is 3.22. The van der Waals surface area contributed by atoms with Gasteiger partial charge in [-0.2, -0.15) is 5.10 Å². The van der Waals surface area contributed by atoms with Gasteiger partial charge in [0.1, 0.15) is 0 Å². The van der Waals surface area contributed by atoms with E-state index in [1.54, 1.807) is 10.9 Å². The zero-order valence-electron chi connectivity index (χ0n) is 8.79. The van der Waals surface area contributed by atoms with Gasteiger partial charge >= 0.3 is 0 Å². The van der Waals surface area contributed by atoms with E-state index in [0.29, 0.717) is 0 Å². The molecular weight excluding hydrogens is 176 g/mol. The third kappa shape index (κ3) is 1.47. The monoisotopic (exact) mass is 192 g/mol. The molecule has 0 unspecified atom stereocenters. The lowest BCUT2D eigenvalue weighted by molar-refractivity contribution is 0.0823. The molecule has 1 aliphatic rings. The first-order chi connectivity index (χ1) is 6.62. The van der Waals surface area contributed by atoms with Crippen LogP contribution in [0.3, 0.4) is 0 Å². The molecule has 1 aromatic heterocycles. The largest absolute Gasteiger partial charge is 0.293 e. The van der Waals surface area contributed by atoms with Crippen LogP contribution in [0.5, 0.6) is 0 Å². The lowest BCUT2D eigenvalue weighted by atomic mass is 9.82. The highest BCUT2D eigenvalue weighted by atomic mass is 16.1. The molecule has 0 saturated heterocycles. The van der Waals surface area contributed by atoms with E-state index in [4.69, 9.17) is 0 Å². The molecule has 2 rings (SSSR count). The summed E-state index contributed by atoms with van der Waals surface area (Å²) in [7, 11) is 1.84. The summed E-state index contributed by atoms with van der Waals surface area (Å²) < 4.78 is 1.69. The van der Waals surface area contributed by atoms with Crippen LogP contribution in [0, 0.1) is 5.41 Å². The second kappa shape index (κ2) is 3.23. The van der Waals surface area contributed by atoms with E-state index in [-0.39, 0.29) is 11.2 Å². The number of aryl methyl sites for hydroxylation is 1. The van der Waals surface area contributed by atoms with Crippen molar-refractivity contribution in [2.45, 2.75) is 32.6 Å². The number of hydrogen-bond donors (Lipinski definition) is 0. The SMILES string of the molecule is Cn1cc(C(=O)C2(C)CCCC2)cn1. The summed E-state index contributed by atoms with van der Waals surface area (Å²) in [5.74, 6) is 0.267. The predicted molar refractivity (Wildman–Crippen MR) is 54.1 cm³/mol. The van der Waals surface area contributed by atoms with Crippen molar-refractivity contribution in [3.63, 3.8) is 0 Å². The van der Waals surface area contributed by atoms with Gasteiger partial charge in [0.05, 0.1) is 11.8 Å². The molecule has 0 amide bonds. The Morgan fingerprint density at radius 1 is 1.50 bits per heavy atom. The van der Waals surface area contributed by atoms with Crippen LogP contribution in [0.1, 0.15) is 43.0 Å². The molecule has 1 aromatic rings. The Hall–Kier alpha value is -1.12. The zero-order chi connectivity index (χ0) is 10.2. The van der Waals surface area contributed by atoms with Crippen LogP contribution in [0.4, 0.5) is 0 Å². The van der Waals surface area contributed by atoms with Gasteiger partial charge in [-0.15, -0.1) is 0 Å². The number of aromatic nitrogens is 2. The van der Waals surface area contributed by atoms with E-state index < -0.39 is 0 Å². The van der Waals surface area contributed by atoms with Crippen LogP contribution in [-0.2, 0) is 7.05 Å². The topological polar surface area (TPSA) is 34.9 Å². The molecule has 0 aliphatic heterocycles. The highest BCUT2D eigenvalue weighted by Gasteiger charge is 2.36. The van der Waals surface area contributed by atoms with Crippen molar-refractivity contribution in [2.24, 2.45) is 12.5 Å². The van der Waals surface area contributed by atoms with Crippen molar-refractivity contribution in [1.82, 2.24) is 9.78 Å². The molecule has 76 valence electrons. The van der Waals surface area contributed by atoms with E-state index in [1.165, 1.54) is 12.8 Å². The first-order valence-corrected chi connectivity index (χ1v) is 5.15. The highest BCUT2D eigenvalue weighted by molar-refractivity contribution is 6.00. The lowest BCUT2D eigenvalue weighted by Crippen LogP contribution is -2.23. The molecule has 1 heterocycles. The number of carbonyl (C=O) groups is 1. The predicted octanol–water partition coefficient (Wildman–Crippen LogP) is 2.18. The van der Waals surface area contributed by atoms with Crippen molar-refractivity contribution >= 4 is 5.78 Å². The highest BCUT2D eigenvalue weighted by Crippen LogP contribution is 2.40. The molecule has 0 N–H and O–H groups in total. The van der Waals surface area contributed by atoms with E-state index in [1.807, 2.05) is 13.2 Å².